The van der Waals surface area contributed by atoms with Gasteiger partial charge in [0.1, 0.15) is 6.61 Å². The fourth-order valence-electron chi connectivity index (χ4n) is 1.85. The number of rotatable bonds is 5. The first kappa shape index (κ1) is 15.5. The highest BCUT2D eigenvalue weighted by Crippen LogP contribution is 2.16. The molecule has 0 unspecified atom stereocenters. The Labute approximate surface area is 114 Å². The van der Waals surface area contributed by atoms with Crippen LogP contribution in [0, 0.1) is 0 Å². The lowest BCUT2D eigenvalue weighted by Crippen LogP contribution is -2.37. The Morgan fingerprint density at radius 2 is 1.95 bits per heavy atom. The molecule has 0 aliphatic carbocycles. The zero-order valence-electron chi connectivity index (χ0n) is 11.8. The van der Waals surface area contributed by atoms with E-state index in [0.29, 0.717) is 26.3 Å². The van der Waals surface area contributed by atoms with E-state index in [1.165, 1.54) is 12.5 Å². The van der Waals surface area contributed by atoms with Crippen molar-refractivity contribution in [2.24, 2.45) is 0 Å². The maximum atomic E-state index is 11.7. The highest BCUT2D eigenvalue weighted by Gasteiger charge is 2.19. The molecule has 0 aromatic carbocycles. The minimum Gasteiger partial charge on any atom is -0.462 e. The van der Waals surface area contributed by atoms with E-state index in [2.05, 4.69) is 6.92 Å². The number of ether oxygens (including phenoxy) is 2. The number of piperidine rings is 1. The third-order valence-corrected chi connectivity index (χ3v) is 3.05. The molecule has 1 aliphatic heterocycles. The topological polar surface area (TPSA) is 55.8 Å². The Hall–Kier alpha value is -1.52. The highest BCUT2D eigenvalue weighted by molar-refractivity contribution is 5.68. The van der Waals surface area contributed by atoms with Crippen LogP contribution < -0.4 is 0 Å². The molecule has 0 N–H and O–H groups in total. The Kier molecular flexibility index (Phi) is 7.00. The summed E-state index contributed by atoms with van der Waals surface area (Å²) in [5.41, 5.74) is 1.24. The Morgan fingerprint density at radius 1 is 1.26 bits per heavy atom. The van der Waals surface area contributed by atoms with Crippen LogP contribution in [0.1, 0.15) is 39.5 Å². The van der Waals surface area contributed by atoms with Crippen LogP contribution in [-0.4, -0.2) is 43.3 Å². The molecule has 0 radical (unpaired) electrons. The second-order valence-corrected chi connectivity index (χ2v) is 4.62. The summed E-state index contributed by atoms with van der Waals surface area (Å²) in [6, 6.07) is 0. The van der Waals surface area contributed by atoms with Gasteiger partial charge in [0.25, 0.3) is 0 Å². The number of amides is 1. The van der Waals surface area contributed by atoms with E-state index < -0.39 is 0 Å². The van der Waals surface area contributed by atoms with Gasteiger partial charge in [-0.3, -0.25) is 4.79 Å². The molecule has 1 amide bonds. The summed E-state index contributed by atoms with van der Waals surface area (Å²) in [4.78, 5) is 24.1. The fraction of sp³-hybridized carbons (Fsp3) is 0.714. The molecule has 0 atom stereocenters. The van der Waals surface area contributed by atoms with E-state index >= 15 is 0 Å². The first-order chi connectivity index (χ1) is 9.13. The van der Waals surface area contributed by atoms with Gasteiger partial charge < -0.3 is 14.4 Å². The van der Waals surface area contributed by atoms with Gasteiger partial charge in [-0.15, -0.1) is 0 Å². The lowest BCUT2D eigenvalue weighted by Gasteiger charge is -2.27. The summed E-state index contributed by atoms with van der Waals surface area (Å²) in [6.07, 6.45) is 5.30. The van der Waals surface area contributed by atoms with Crippen molar-refractivity contribution in [1.82, 2.24) is 4.90 Å². The molecule has 0 aromatic rings. The highest BCUT2D eigenvalue weighted by atomic mass is 16.6. The average Bonchev–Trinajstić information content (AvgIpc) is 2.39. The predicted molar refractivity (Wildman–Crippen MR) is 71.8 cm³/mol. The van der Waals surface area contributed by atoms with Gasteiger partial charge in [0.05, 0.1) is 6.61 Å². The molecular weight excluding hydrogens is 246 g/mol. The molecule has 0 aromatic heterocycles. The van der Waals surface area contributed by atoms with Gasteiger partial charge in [0.15, 0.2) is 0 Å². The Bertz CT molecular complexity index is 328. The van der Waals surface area contributed by atoms with Gasteiger partial charge in [0.2, 0.25) is 0 Å². The van der Waals surface area contributed by atoms with Gasteiger partial charge in [-0.05, 0) is 25.3 Å². The van der Waals surface area contributed by atoms with Crippen molar-refractivity contribution in [2.45, 2.75) is 39.5 Å². The van der Waals surface area contributed by atoms with Crippen LogP contribution in [-0.2, 0) is 14.3 Å². The number of hydrogen-bond acceptors (Lipinski definition) is 4. The minimum absolute atomic E-state index is 0.215. The van der Waals surface area contributed by atoms with Gasteiger partial charge in [-0.2, -0.15) is 0 Å². The van der Waals surface area contributed by atoms with E-state index in [-0.39, 0.29) is 12.1 Å². The van der Waals surface area contributed by atoms with Gasteiger partial charge in [-0.1, -0.05) is 18.9 Å². The number of carbonyl (C=O) groups is 2. The largest absolute Gasteiger partial charge is 0.462 e. The zero-order chi connectivity index (χ0) is 14.1. The average molecular weight is 269 g/mol. The van der Waals surface area contributed by atoms with Gasteiger partial charge in [-0.25, -0.2) is 4.79 Å². The van der Waals surface area contributed by atoms with Crippen LogP contribution in [0.4, 0.5) is 4.79 Å². The molecule has 5 heteroatoms. The first-order valence-corrected chi connectivity index (χ1v) is 6.86. The van der Waals surface area contributed by atoms with E-state index in [1.807, 2.05) is 6.08 Å². The number of nitrogens with zero attached hydrogens (tertiary/aromatic N) is 1. The first-order valence-electron chi connectivity index (χ1n) is 6.86. The lowest BCUT2D eigenvalue weighted by molar-refractivity contribution is -0.139. The minimum atomic E-state index is -0.270. The second-order valence-electron chi connectivity index (χ2n) is 4.62. The van der Waals surface area contributed by atoms with E-state index in [4.69, 9.17) is 9.47 Å². The van der Waals surface area contributed by atoms with E-state index in [1.54, 1.807) is 4.90 Å². The summed E-state index contributed by atoms with van der Waals surface area (Å²) in [7, 11) is 0. The molecule has 1 saturated heterocycles. The smallest absolute Gasteiger partial charge is 0.409 e. The molecule has 0 bridgehead atoms. The van der Waals surface area contributed by atoms with Crippen molar-refractivity contribution >= 4 is 12.1 Å². The van der Waals surface area contributed by atoms with Crippen LogP contribution in [0.3, 0.4) is 0 Å². The van der Waals surface area contributed by atoms with Crippen LogP contribution in [0.2, 0.25) is 0 Å². The quantitative estimate of drug-likeness (QED) is 0.437. The van der Waals surface area contributed by atoms with Crippen molar-refractivity contribution in [3.05, 3.63) is 11.6 Å². The molecule has 0 saturated carbocycles. The van der Waals surface area contributed by atoms with Crippen molar-refractivity contribution < 1.29 is 19.1 Å². The molecule has 0 spiro atoms. The van der Waals surface area contributed by atoms with Crippen molar-refractivity contribution in [2.75, 3.05) is 26.3 Å². The molecular formula is C14H23NO4. The van der Waals surface area contributed by atoms with Gasteiger partial charge in [0, 0.05) is 20.0 Å². The van der Waals surface area contributed by atoms with Crippen LogP contribution in [0.15, 0.2) is 11.6 Å². The zero-order valence-corrected chi connectivity index (χ0v) is 11.8. The predicted octanol–water partition coefficient (Wildman–Crippen LogP) is 2.51. The number of hydrogen-bond donors (Lipinski definition) is 0. The lowest BCUT2D eigenvalue weighted by atomic mass is 10.0. The monoisotopic (exact) mass is 269 g/mol. The Morgan fingerprint density at radius 3 is 2.53 bits per heavy atom. The molecule has 19 heavy (non-hydrogen) atoms. The van der Waals surface area contributed by atoms with Crippen molar-refractivity contribution in [3.8, 4) is 0 Å². The summed E-state index contributed by atoms with van der Waals surface area (Å²) >= 11 is 0. The molecule has 5 nitrogen and oxygen atoms in total. The van der Waals surface area contributed by atoms with Gasteiger partial charge >= 0.3 is 12.1 Å². The molecule has 1 fully saturated rings. The molecule has 1 aliphatic rings. The van der Waals surface area contributed by atoms with Crippen LogP contribution in [0.25, 0.3) is 0 Å². The fourth-order valence-corrected chi connectivity index (χ4v) is 1.85. The summed E-state index contributed by atoms with van der Waals surface area (Å²) in [6.45, 7) is 5.64. The van der Waals surface area contributed by atoms with Crippen LogP contribution >= 0.6 is 0 Å². The molecule has 108 valence electrons. The number of unbranched alkanes of at least 4 members (excludes halogenated alkanes) is 1. The number of carbonyl (C=O) groups excluding carboxylic acids is 2. The molecule has 1 heterocycles. The van der Waals surface area contributed by atoms with Crippen LogP contribution in [0.5, 0.6) is 0 Å². The summed E-state index contributed by atoms with van der Waals surface area (Å²) in [5.74, 6) is -0.270. The van der Waals surface area contributed by atoms with Crippen molar-refractivity contribution in [1.29, 1.82) is 0 Å². The maximum Gasteiger partial charge on any atom is 0.409 e. The van der Waals surface area contributed by atoms with E-state index in [9.17, 15) is 9.59 Å². The number of likely N-dealkylation sites (tertiary alicyclic amines) is 1. The normalized spacial score (nSPS) is 15.1. The standard InChI is InChI=1S/C14H23NO4/c1-3-4-10-19-14(17)15-8-5-13(6-9-15)7-11-18-12(2)16/h7H,3-6,8-11H2,1-2H3. The summed E-state index contributed by atoms with van der Waals surface area (Å²) < 4.78 is 10.0. The number of esters is 1. The van der Waals surface area contributed by atoms with Crippen molar-refractivity contribution in [3.63, 3.8) is 0 Å². The second kappa shape index (κ2) is 8.56. The third-order valence-electron chi connectivity index (χ3n) is 3.05. The molecule has 1 rings (SSSR count). The Balaban J connectivity index is 2.24. The third kappa shape index (κ3) is 6.27. The summed E-state index contributed by atoms with van der Waals surface area (Å²) in [5, 5.41) is 0. The maximum absolute atomic E-state index is 11.7. The SMILES string of the molecule is CCCCOC(=O)N1CCC(=CCOC(C)=O)CC1. The van der Waals surface area contributed by atoms with E-state index in [0.717, 1.165) is 25.7 Å².